The van der Waals surface area contributed by atoms with Crippen molar-refractivity contribution < 1.29 is 14.3 Å². The molecule has 3 heteroatoms. The first-order chi connectivity index (χ1) is 6.20. The molecular formula is C10H14O3. The van der Waals surface area contributed by atoms with Crippen molar-refractivity contribution >= 4 is 11.8 Å². The van der Waals surface area contributed by atoms with Gasteiger partial charge in [0.1, 0.15) is 5.92 Å². The van der Waals surface area contributed by atoms with Crippen LogP contribution in [0.4, 0.5) is 0 Å². The summed E-state index contributed by atoms with van der Waals surface area (Å²) < 4.78 is 4.60. The molecule has 0 spiro atoms. The van der Waals surface area contributed by atoms with Gasteiger partial charge in [0.15, 0.2) is 5.78 Å². The summed E-state index contributed by atoms with van der Waals surface area (Å²) >= 11 is 0. The minimum atomic E-state index is -0.569. The second kappa shape index (κ2) is 4.21. The SMILES string of the molecule is CC[C@H]1CC=CC(=O)[C@@H]1C(=O)OC. The number of allylic oxidation sites excluding steroid dienone is 2. The molecule has 0 radical (unpaired) electrons. The normalized spacial score (nSPS) is 27.4. The van der Waals surface area contributed by atoms with Gasteiger partial charge in [-0.15, -0.1) is 0 Å². The number of ketones is 1. The zero-order chi connectivity index (χ0) is 9.84. The summed E-state index contributed by atoms with van der Waals surface area (Å²) in [5, 5.41) is 0. The molecule has 0 saturated carbocycles. The maximum Gasteiger partial charge on any atom is 0.316 e. The standard InChI is InChI=1S/C10H14O3/c1-3-7-5-4-6-8(11)9(7)10(12)13-2/h4,6-7,9H,3,5H2,1-2H3/t7-,9+/m0/s1. The predicted molar refractivity (Wildman–Crippen MR) is 48.1 cm³/mol. The molecule has 0 fully saturated rings. The number of carbonyl (C=O) groups excluding carboxylic acids is 2. The second-order valence-electron chi connectivity index (χ2n) is 3.21. The van der Waals surface area contributed by atoms with Crippen LogP contribution in [0.1, 0.15) is 19.8 Å². The van der Waals surface area contributed by atoms with E-state index in [9.17, 15) is 9.59 Å². The summed E-state index contributed by atoms with van der Waals surface area (Å²) in [5.74, 6) is -0.976. The van der Waals surface area contributed by atoms with Gasteiger partial charge in [0.2, 0.25) is 0 Å². The van der Waals surface area contributed by atoms with E-state index in [0.717, 1.165) is 12.8 Å². The quantitative estimate of drug-likeness (QED) is 0.478. The van der Waals surface area contributed by atoms with Crippen LogP contribution < -0.4 is 0 Å². The maximum absolute atomic E-state index is 11.4. The number of hydrogen-bond acceptors (Lipinski definition) is 3. The van der Waals surface area contributed by atoms with Crippen molar-refractivity contribution in [3.63, 3.8) is 0 Å². The number of methoxy groups -OCH3 is 1. The van der Waals surface area contributed by atoms with Crippen LogP contribution in [0.3, 0.4) is 0 Å². The van der Waals surface area contributed by atoms with E-state index in [0.29, 0.717) is 0 Å². The van der Waals surface area contributed by atoms with Gasteiger partial charge in [-0.25, -0.2) is 0 Å². The van der Waals surface area contributed by atoms with E-state index in [-0.39, 0.29) is 11.7 Å². The molecule has 0 bridgehead atoms. The zero-order valence-corrected chi connectivity index (χ0v) is 7.95. The number of rotatable bonds is 2. The smallest absolute Gasteiger partial charge is 0.316 e. The van der Waals surface area contributed by atoms with Crippen LogP contribution in [-0.4, -0.2) is 18.9 Å². The fraction of sp³-hybridized carbons (Fsp3) is 0.600. The average molecular weight is 182 g/mol. The summed E-state index contributed by atoms with van der Waals surface area (Å²) in [6.07, 6.45) is 4.93. The lowest BCUT2D eigenvalue weighted by Gasteiger charge is -2.23. The molecule has 0 amide bonds. The summed E-state index contributed by atoms with van der Waals surface area (Å²) in [5.41, 5.74) is 0. The maximum atomic E-state index is 11.4. The third kappa shape index (κ3) is 1.97. The van der Waals surface area contributed by atoms with Gasteiger partial charge in [0.25, 0.3) is 0 Å². The molecule has 0 aromatic heterocycles. The number of ether oxygens (including phenoxy) is 1. The lowest BCUT2D eigenvalue weighted by Crippen LogP contribution is -2.33. The van der Waals surface area contributed by atoms with Gasteiger partial charge in [0, 0.05) is 0 Å². The predicted octanol–water partition coefficient (Wildman–Crippen LogP) is 1.33. The van der Waals surface area contributed by atoms with Crippen molar-refractivity contribution in [2.75, 3.05) is 7.11 Å². The molecule has 0 aromatic carbocycles. The van der Waals surface area contributed by atoms with Gasteiger partial charge >= 0.3 is 5.97 Å². The molecule has 0 aromatic rings. The molecule has 1 aliphatic carbocycles. The molecule has 3 nitrogen and oxygen atoms in total. The van der Waals surface area contributed by atoms with Crippen LogP contribution in [0.25, 0.3) is 0 Å². The first-order valence-electron chi connectivity index (χ1n) is 4.49. The first-order valence-corrected chi connectivity index (χ1v) is 4.49. The Balaban J connectivity index is 2.82. The summed E-state index contributed by atoms with van der Waals surface area (Å²) in [4.78, 5) is 22.6. The minimum Gasteiger partial charge on any atom is -0.468 e. The highest BCUT2D eigenvalue weighted by atomic mass is 16.5. The molecule has 0 N–H and O–H groups in total. The largest absolute Gasteiger partial charge is 0.468 e. The molecule has 1 rings (SSSR count). The summed E-state index contributed by atoms with van der Waals surface area (Å²) in [6, 6.07) is 0. The molecule has 1 aliphatic rings. The van der Waals surface area contributed by atoms with Crippen LogP contribution >= 0.6 is 0 Å². The van der Waals surface area contributed by atoms with Gasteiger partial charge in [-0.2, -0.15) is 0 Å². The number of carbonyl (C=O) groups is 2. The van der Waals surface area contributed by atoms with Crippen molar-refractivity contribution in [2.24, 2.45) is 11.8 Å². The molecule has 0 heterocycles. The molecule has 2 atom stereocenters. The van der Waals surface area contributed by atoms with E-state index >= 15 is 0 Å². The van der Waals surface area contributed by atoms with E-state index in [1.807, 2.05) is 13.0 Å². The van der Waals surface area contributed by atoms with E-state index < -0.39 is 11.9 Å². The van der Waals surface area contributed by atoms with Gasteiger partial charge in [0.05, 0.1) is 7.11 Å². The average Bonchev–Trinajstić information content (AvgIpc) is 2.16. The Morgan fingerprint density at radius 1 is 1.69 bits per heavy atom. The van der Waals surface area contributed by atoms with Gasteiger partial charge in [-0.1, -0.05) is 19.4 Å². The first kappa shape index (κ1) is 9.96. The Morgan fingerprint density at radius 3 is 2.92 bits per heavy atom. The van der Waals surface area contributed by atoms with Crippen molar-refractivity contribution in [1.29, 1.82) is 0 Å². The topological polar surface area (TPSA) is 43.4 Å². The van der Waals surface area contributed by atoms with Gasteiger partial charge in [-0.05, 0) is 18.4 Å². The monoisotopic (exact) mass is 182 g/mol. The van der Waals surface area contributed by atoms with Crippen molar-refractivity contribution in [3.05, 3.63) is 12.2 Å². The van der Waals surface area contributed by atoms with E-state index in [4.69, 9.17) is 0 Å². The lowest BCUT2D eigenvalue weighted by atomic mass is 9.80. The second-order valence-corrected chi connectivity index (χ2v) is 3.21. The summed E-state index contributed by atoms with van der Waals surface area (Å²) in [6.45, 7) is 1.98. The van der Waals surface area contributed by atoms with Gasteiger partial charge in [-0.3, -0.25) is 9.59 Å². The lowest BCUT2D eigenvalue weighted by molar-refractivity contribution is -0.150. The Kier molecular flexibility index (Phi) is 3.23. The minimum absolute atomic E-state index is 0.116. The van der Waals surface area contributed by atoms with E-state index in [2.05, 4.69) is 4.74 Å². The van der Waals surface area contributed by atoms with Crippen molar-refractivity contribution in [2.45, 2.75) is 19.8 Å². The molecule has 13 heavy (non-hydrogen) atoms. The highest BCUT2D eigenvalue weighted by molar-refractivity contribution is 6.05. The molecule has 0 saturated heterocycles. The molecule has 0 unspecified atom stereocenters. The Morgan fingerprint density at radius 2 is 2.38 bits per heavy atom. The van der Waals surface area contributed by atoms with Crippen LogP contribution in [0.2, 0.25) is 0 Å². The third-order valence-electron chi connectivity index (χ3n) is 2.48. The van der Waals surface area contributed by atoms with Crippen molar-refractivity contribution in [3.8, 4) is 0 Å². The van der Waals surface area contributed by atoms with Crippen LogP contribution in [-0.2, 0) is 14.3 Å². The third-order valence-corrected chi connectivity index (χ3v) is 2.48. The van der Waals surface area contributed by atoms with Gasteiger partial charge < -0.3 is 4.74 Å². The molecule has 72 valence electrons. The number of hydrogen-bond donors (Lipinski definition) is 0. The summed E-state index contributed by atoms with van der Waals surface area (Å²) in [7, 11) is 1.32. The fourth-order valence-electron chi connectivity index (χ4n) is 1.67. The fourth-order valence-corrected chi connectivity index (χ4v) is 1.67. The highest BCUT2D eigenvalue weighted by Gasteiger charge is 2.34. The van der Waals surface area contributed by atoms with Crippen LogP contribution in [0, 0.1) is 11.8 Å². The number of esters is 1. The highest BCUT2D eigenvalue weighted by Crippen LogP contribution is 2.26. The van der Waals surface area contributed by atoms with Crippen LogP contribution in [0.5, 0.6) is 0 Å². The van der Waals surface area contributed by atoms with Crippen molar-refractivity contribution in [1.82, 2.24) is 0 Å². The van der Waals surface area contributed by atoms with E-state index in [1.54, 1.807) is 0 Å². The Hall–Kier alpha value is -1.12. The Bertz CT molecular complexity index is 243. The Labute approximate surface area is 77.8 Å². The molecular weight excluding hydrogens is 168 g/mol. The zero-order valence-electron chi connectivity index (χ0n) is 7.95. The molecule has 0 aliphatic heterocycles. The van der Waals surface area contributed by atoms with E-state index in [1.165, 1.54) is 13.2 Å². The van der Waals surface area contributed by atoms with Crippen LogP contribution in [0.15, 0.2) is 12.2 Å².